The number of thioether (sulfide) groups is 1. The Hall–Kier alpha value is -3.12. The van der Waals surface area contributed by atoms with Crippen LogP contribution >= 0.6 is 23.4 Å². The summed E-state index contributed by atoms with van der Waals surface area (Å²) in [5.74, 6) is -1.20. The van der Waals surface area contributed by atoms with Crippen LogP contribution in [0.3, 0.4) is 0 Å². The highest BCUT2D eigenvalue weighted by atomic mass is 35.5. The number of hydrogen-bond donors (Lipinski definition) is 2. The minimum Gasteiger partial charge on any atom is -0.481 e. The van der Waals surface area contributed by atoms with Crippen molar-refractivity contribution in [3.63, 3.8) is 0 Å². The second-order valence-electron chi connectivity index (χ2n) is 11.0. The number of aromatic nitrogens is 1. The van der Waals surface area contributed by atoms with E-state index in [1.54, 1.807) is 13.8 Å². The molecule has 4 nitrogen and oxygen atoms in total. The van der Waals surface area contributed by atoms with Crippen LogP contribution in [0, 0.1) is 5.41 Å². The Morgan fingerprint density at radius 3 is 2.63 bits per heavy atom. The van der Waals surface area contributed by atoms with Gasteiger partial charge in [0, 0.05) is 26.9 Å². The van der Waals surface area contributed by atoms with Crippen LogP contribution in [0.1, 0.15) is 78.1 Å². The third-order valence-electron chi connectivity index (χ3n) is 7.22. The van der Waals surface area contributed by atoms with Gasteiger partial charge in [-0.05, 0) is 91.4 Å². The summed E-state index contributed by atoms with van der Waals surface area (Å²) in [4.78, 5) is 16.4. The molecule has 1 saturated carbocycles. The molecule has 3 aromatic carbocycles. The molecule has 1 aromatic heterocycles. The number of carbonyl (C=O) groups is 1. The number of rotatable bonds is 12. The van der Waals surface area contributed by atoms with Gasteiger partial charge in [0.05, 0.1) is 23.2 Å². The molecule has 41 heavy (non-hydrogen) atoms. The lowest BCUT2D eigenvalue weighted by atomic mass is 9.90. The summed E-state index contributed by atoms with van der Waals surface area (Å²) in [7, 11) is 0. The number of halogens is 1. The lowest BCUT2D eigenvalue weighted by Gasteiger charge is -2.24. The van der Waals surface area contributed by atoms with E-state index in [1.165, 1.54) is 11.8 Å². The van der Waals surface area contributed by atoms with Crippen molar-refractivity contribution in [1.29, 1.82) is 0 Å². The van der Waals surface area contributed by atoms with Crippen LogP contribution in [0.5, 0.6) is 0 Å². The van der Waals surface area contributed by atoms with E-state index in [9.17, 15) is 15.0 Å². The van der Waals surface area contributed by atoms with Gasteiger partial charge in [-0.15, -0.1) is 0 Å². The molecule has 0 spiro atoms. The molecule has 5 rings (SSSR count). The fraction of sp³-hybridized carbons (Fsp3) is 0.314. The van der Waals surface area contributed by atoms with Gasteiger partial charge < -0.3 is 10.2 Å². The molecular weight excluding hydrogens is 550 g/mol. The van der Waals surface area contributed by atoms with Gasteiger partial charge in [-0.1, -0.05) is 78.3 Å². The molecule has 1 aliphatic carbocycles. The third kappa shape index (κ3) is 7.79. The van der Waals surface area contributed by atoms with E-state index in [-0.39, 0.29) is 11.0 Å². The van der Waals surface area contributed by atoms with Crippen LogP contribution in [0.25, 0.3) is 23.1 Å². The molecule has 1 atom stereocenters. The zero-order valence-electron chi connectivity index (χ0n) is 27.1. The van der Waals surface area contributed by atoms with Crippen LogP contribution < -0.4 is 0 Å². The van der Waals surface area contributed by atoms with Gasteiger partial charge in [0.2, 0.25) is 0 Å². The second-order valence-corrected chi connectivity index (χ2v) is 12.7. The normalized spacial score (nSPS) is 19.2. The number of hydrogen-bond acceptors (Lipinski definition) is 4. The molecule has 0 bridgehead atoms. The molecule has 0 saturated heterocycles. The van der Waals surface area contributed by atoms with Gasteiger partial charge in [0.1, 0.15) is 0 Å². The largest absolute Gasteiger partial charge is 0.481 e. The van der Waals surface area contributed by atoms with Crippen molar-refractivity contribution in [1.82, 2.24) is 4.98 Å². The fourth-order valence-electron chi connectivity index (χ4n) is 5.01. The first-order valence-electron chi connectivity index (χ1n) is 15.6. The highest BCUT2D eigenvalue weighted by molar-refractivity contribution is 7.99. The number of aliphatic hydroxyl groups is 1. The average molecular weight is 590 g/mol. The number of pyridine rings is 1. The number of benzene rings is 3. The summed E-state index contributed by atoms with van der Waals surface area (Å²) in [5.41, 5.74) is 2.64. The van der Waals surface area contributed by atoms with Crippen LogP contribution in [0.2, 0.25) is 5.02 Å². The lowest BCUT2D eigenvalue weighted by molar-refractivity contribution is -0.138. The monoisotopic (exact) mass is 589 g/mol. The van der Waals surface area contributed by atoms with Gasteiger partial charge in [0.25, 0.3) is 0 Å². The van der Waals surface area contributed by atoms with Gasteiger partial charge in [0.15, 0.2) is 0 Å². The van der Waals surface area contributed by atoms with Gasteiger partial charge in [-0.2, -0.15) is 11.8 Å². The zero-order valence-corrected chi connectivity index (χ0v) is 24.7. The van der Waals surface area contributed by atoms with E-state index in [0.29, 0.717) is 17.9 Å². The predicted octanol–water partition coefficient (Wildman–Crippen LogP) is 8.95. The van der Waals surface area contributed by atoms with Crippen molar-refractivity contribution < 1.29 is 20.5 Å². The number of aliphatic carboxylic acids is 1. The quantitative estimate of drug-likeness (QED) is 0.173. The summed E-state index contributed by atoms with van der Waals surface area (Å²) in [5, 5.41) is 21.8. The minimum atomic E-state index is -2.24. The first-order valence-corrected chi connectivity index (χ1v) is 15.1. The smallest absolute Gasteiger partial charge is 0.303 e. The van der Waals surface area contributed by atoms with E-state index in [0.717, 1.165) is 38.9 Å². The average Bonchev–Trinajstić information content (AvgIpc) is 3.31. The predicted molar refractivity (Wildman–Crippen MR) is 171 cm³/mol. The summed E-state index contributed by atoms with van der Waals surface area (Å²) in [6.45, 7) is 3.50. The Kier molecular flexibility index (Phi) is 7.40. The van der Waals surface area contributed by atoms with E-state index in [1.807, 2.05) is 91.0 Å². The van der Waals surface area contributed by atoms with Crippen LogP contribution in [0.4, 0.5) is 0 Å². The van der Waals surface area contributed by atoms with Gasteiger partial charge >= 0.3 is 5.97 Å². The van der Waals surface area contributed by atoms with Crippen molar-refractivity contribution in [3.05, 3.63) is 112 Å². The van der Waals surface area contributed by atoms with Crippen molar-refractivity contribution in [3.8, 4) is 0 Å². The van der Waals surface area contributed by atoms with Crippen LogP contribution in [0.15, 0.2) is 78.9 Å². The third-order valence-corrected chi connectivity index (χ3v) is 9.02. The molecule has 1 heterocycles. The van der Waals surface area contributed by atoms with Crippen molar-refractivity contribution >= 4 is 52.4 Å². The maximum Gasteiger partial charge on any atom is 0.303 e. The van der Waals surface area contributed by atoms with Gasteiger partial charge in [-0.25, -0.2) is 4.98 Å². The number of carboxylic acids is 1. The number of aryl methyl sites for hydroxylation is 1. The molecule has 0 radical (unpaired) electrons. The van der Waals surface area contributed by atoms with E-state index < -0.39 is 36.2 Å². The minimum absolute atomic E-state index is 0.0146. The summed E-state index contributed by atoms with van der Waals surface area (Å²) in [6, 6.07) is 25.2. The van der Waals surface area contributed by atoms with Crippen molar-refractivity contribution in [2.75, 3.05) is 5.75 Å². The van der Waals surface area contributed by atoms with Crippen LogP contribution in [-0.2, 0) is 16.8 Å². The topological polar surface area (TPSA) is 70.4 Å². The molecule has 212 valence electrons. The van der Waals surface area contributed by atoms with Crippen LogP contribution in [-0.4, -0.2) is 26.9 Å². The number of fused-ring (bicyclic) bond motifs is 1. The van der Waals surface area contributed by atoms with E-state index >= 15 is 0 Å². The molecule has 6 heteroatoms. The number of carboxylic acid groups (broad SMARTS) is 1. The standard InChI is InChI=1S/C35H36ClNO3S/c1-34(2,40)30-9-4-3-7-25(30)13-17-32(41-23-35(18-19-35)22-33(38)39)27-8-5-6-24(20-27)10-15-29-16-12-26-11-14-28(36)21-31(26)37-29/h3-12,14-16,20-21,32,40H,13,17-19,22-23H2,1-2H3,(H,38,39)/b15-10+/t32-/m1/s1/i18D2,19D2. The molecular formula is C35H36ClNO3S. The number of nitrogens with zero attached hydrogens (tertiary/aromatic N) is 1. The Morgan fingerprint density at radius 2 is 1.88 bits per heavy atom. The molecule has 0 unspecified atom stereocenters. The Bertz CT molecular complexity index is 1740. The lowest BCUT2D eigenvalue weighted by Crippen LogP contribution is -2.18. The molecule has 0 amide bonds. The molecule has 0 aliphatic heterocycles. The zero-order chi connectivity index (χ0) is 32.6. The Balaban J connectivity index is 1.43. The first-order chi connectivity index (χ1) is 21.1. The Morgan fingerprint density at radius 1 is 1.10 bits per heavy atom. The van der Waals surface area contributed by atoms with Crippen molar-refractivity contribution in [2.24, 2.45) is 5.41 Å². The van der Waals surface area contributed by atoms with Crippen molar-refractivity contribution in [2.45, 2.75) is 56.7 Å². The molecule has 1 aliphatic rings. The van der Waals surface area contributed by atoms with Gasteiger partial charge in [-0.3, -0.25) is 4.79 Å². The SMILES string of the molecule is [2H]C1([2H])C([2H])([2H])C1(CS[C@H](CCc1ccccc1C(C)(C)O)c1cccc(/C=C/c2ccc3ccc(Cl)cc3n2)c1)CC(=O)O. The highest BCUT2D eigenvalue weighted by Gasteiger charge is 2.44. The summed E-state index contributed by atoms with van der Waals surface area (Å²) < 4.78 is 33.3. The molecule has 4 aromatic rings. The fourth-order valence-corrected chi connectivity index (χ4v) is 6.53. The second kappa shape index (κ2) is 12.4. The highest BCUT2D eigenvalue weighted by Crippen LogP contribution is 2.53. The summed E-state index contributed by atoms with van der Waals surface area (Å²) >= 11 is 7.55. The Labute approximate surface area is 257 Å². The first kappa shape index (κ1) is 24.5. The van der Waals surface area contributed by atoms with E-state index in [2.05, 4.69) is 0 Å². The summed E-state index contributed by atoms with van der Waals surface area (Å²) in [6.07, 6.45) is 0.0609. The molecule has 2 N–H and O–H groups in total. The maximum atomic E-state index is 11.7. The van der Waals surface area contributed by atoms with E-state index in [4.69, 9.17) is 22.1 Å². The molecule has 1 fully saturated rings. The maximum absolute atomic E-state index is 11.7.